The quantitative estimate of drug-likeness (QED) is 0.406. The van der Waals surface area contributed by atoms with Crippen LogP contribution in [0.2, 0.25) is 5.02 Å². The third kappa shape index (κ3) is 4.48. The molecule has 0 unspecified atom stereocenters. The van der Waals surface area contributed by atoms with E-state index in [0.717, 1.165) is 5.56 Å². The number of hydrogen-bond donors (Lipinski definition) is 1. The molecule has 0 spiro atoms. The predicted octanol–water partition coefficient (Wildman–Crippen LogP) is 5.54. The topological polar surface area (TPSA) is 85.3 Å². The fraction of sp³-hybridized carbons (Fsp3) is 0.0455. The van der Waals surface area contributed by atoms with Gasteiger partial charge in [0.1, 0.15) is 5.76 Å². The van der Waals surface area contributed by atoms with Crippen LogP contribution < -0.4 is 5.32 Å². The highest BCUT2D eigenvalue weighted by Gasteiger charge is 2.27. The molecule has 30 heavy (non-hydrogen) atoms. The van der Waals surface area contributed by atoms with Crippen LogP contribution in [0.15, 0.2) is 91.7 Å². The molecule has 2 aromatic carbocycles. The van der Waals surface area contributed by atoms with E-state index in [4.69, 9.17) is 20.4 Å². The van der Waals surface area contributed by atoms with Crippen molar-refractivity contribution in [3.63, 3.8) is 0 Å². The largest absolute Gasteiger partial charge is 0.467 e. The summed E-state index contributed by atoms with van der Waals surface area (Å²) in [6, 6.07) is 19.0. The number of furan rings is 1. The molecule has 6 nitrogen and oxygen atoms in total. The highest BCUT2D eigenvalue weighted by atomic mass is 35.5. The molecular weight excluding hydrogens is 424 g/mol. The summed E-state index contributed by atoms with van der Waals surface area (Å²) in [5.41, 5.74) is 0.933. The molecule has 0 aliphatic rings. The summed E-state index contributed by atoms with van der Waals surface area (Å²) in [4.78, 5) is 4.30. The Kier molecular flexibility index (Phi) is 5.74. The zero-order valence-corrected chi connectivity index (χ0v) is 17.2. The van der Waals surface area contributed by atoms with Crippen molar-refractivity contribution in [1.82, 2.24) is 4.98 Å². The van der Waals surface area contributed by atoms with Gasteiger partial charge < -0.3 is 14.2 Å². The van der Waals surface area contributed by atoms with Crippen LogP contribution >= 0.6 is 11.6 Å². The lowest BCUT2D eigenvalue weighted by atomic mass is 10.2. The van der Waals surface area contributed by atoms with Crippen molar-refractivity contribution in [2.24, 2.45) is 0 Å². The van der Waals surface area contributed by atoms with Crippen molar-refractivity contribution >= 4 is 39.5 Å². The van der Waals surface area contributed by atoms with E-state index < -0.39 is 9.84 Å². The minimum atomic E-state index is -3.93. The average molecular weight is 441 g/mol. The highest BCUT2D eigenvalue weighted by Crippen LogP contribution is 2.30. The van der Waals surface area contributed by atoms with Crippen LogP contribution in [0.5, 0.6) is 0 Å². The van der Waals surface area contributed by atoms with Gasteiger partial charge in [-0.15, -0.1) is 0 Å². The first-order valence-corrected chi connectivity index (χ1v) is 10.9. The predicted molar refractivity (Wildman–Crippen MR) is 115 cm³/mol. The van der Waals surface area contributed by atoms with Gasteiger partial charge in [-0.2, -0.15) is 4.98 Å². The zero-order valence-electron chi connectivity index (χ0n) is 15.7. The molecule has 0 aliphatic carbocycles. The Hall–Kier alpha value is -3.29. The number of nitrogens with zero attached hydrogens (tertiary/aromatic N) is 1. The van der Waals surface area contributed by atoms with Gasteiger partial charge in [-0.3, -0.25) is 0 Å². The standard InChI is InChI=1S/C22H17ClN2O4S/c23-17-9-11-19(12-10-17)30(26,27)22-21(24-15-18-7-4-14-28-18)29-20(25-22)13-8-16-5-2-1-3-6-16/h1-14,24H,15H2/b13-8+. The molecule has 0 saturated heterocycles. The second kappa shape index (κ2) is 8.61. The number of benzene rings is 2. The van der Waals surface area contributed by atoms with Crippen LogP contribution in [-0.4, -0.2) is 13.4 Å². The van der Waals surface area contributed by atoms with E-state index in [-0.39, 0.29) is 28.2 Å². The van der Waals surface area contributed by atoms with E-state index >= 15 is 0 Å². The van der Waals surface area contributed by atoms with Crippen molar-refractivity contribution in [2.75, 3.05) is 5.32 Å². The fourth-order valence-electron chi connectivity index (χ4n) is 2.72. The van der Waals surface area contributed by atoms with Gasteiger partial charge in [-0.05, 0) is 48.0 Å². The Morgan fingerprint density at radius 1 is 0.967 bits per heavy atom. The molecular formula is C22H17ClN2O4S. The molecule has 0 radical (unpaired) electrons. The van der Waals surface area contributed by atoms with E-state index in [0.29, 0.717) is 10.8 Å². The maximum absolute atomic E-state index is 13.2. The van der Waals surface area contributed by atoms with Crippen LogP contribution in [0.3, 0.4) is 0 Å². The summed E-state index contributed by atoms with van der Waals surface area (Å²) in [5, 5.41) is 3.20. The second-order valence-corrected chi connectivity index (χ2v) is 8.62. The molecule has 4 rings (SSSR count). The molecule has 0 aliphatic heterocycles. The molecule has 2 heterocycles. The van der Waals surface area contributed by atoms with Crippen molar-refractivity contribution in [3.8, 4) is 0 Å². The van der Waals surface area contributed by atoms with Gasteiger partial charge in [-0.1, -0.05) is 41.9 Å². The first-order valence-electron chi connectivity index (χ1n) is 9.03. The summed E-state index contributed by atoms with van der Waals surface area (Å²) in [5.74, 6) is 0.824. The SMILES string of the molecule is O=S(=O)(c1ccc(Cl)cc1)c1nc(/C=C/c2ccccc2)oc1NCc1ccco1. The Morgan fingerprint density at radius 3 is 2.43 bits per heavy atom. The molecule has 0 atom stereocenters. The Balaban J connectivity index is 1.70. The Bertz CT molecular complexity index is 1250. The summed E-state index contributed by atoms with van der Waals surface area (Å²) in [7, 11) is -3.93. The van der Waals surface area contributed by atoms with Crippen LogP contribution in [0, 0.1) is 0 Å². The minimum absolute atomic E-state index is 0.0362. The maximum Gasteiger partial charge on any atom is 0.234 e. The molecule has 2 aromatic heterocycles. The molecule has 0 fully saturated rings. The first-order chi connectivity index (χ1) is 14.5. The van der Waals surface area contributed by atoms with Gasteiger partial charge in [0.05, 0.1) is 17.7 Å². The lowest BCUT2D eigenvalue weighted by molar-refractivity contribution is 0.508. The smallest absolute Gasteiger partial charge is 0.234 e. The van der Waals surface area contributed by atoms with Crippen LogP contribution in [-0.2, 0) is 16.4 Å². The Morgan fingerprint density at radius 2 is 1.73 bits per heavy atom. The lowest BCUT2D eigenvalue weighted by Crippen LogP contribution is -2.07. The fourth-order valence-corrected chi connectivity index (χ4v) is 4.14. The second-order valence-electron chi connectivity index (χ2n) is 6.32. The van der Waals surface area contributed by atoms with Gasteiger partial charge in [-0.25, -0.2) is 8.42 Å². The van der Waals surface area contributed by atoms with Crippen molar-refractivity contribution in [1.29, 1.82) is 0 Å². The minimum Gasteiger partial charge on any atom is -0.467 e. The van der Waals surface area contributed by atoms with Gasteiger partial charge in [0.25, 0.3) is 0 Å². The van der Waals surface area contributed by atoms with Crippen LogP contribution in [0.4, 0.5) is 5.88 Å². The van der Waals surface area contributed by atoms with E-state index in [1.807, 2.05) is 30.3 Å². The van der Waals surface area contributed by atoms with Crippen LogP contribution in [0.25, 0.3) is 12.2 Å². The number of oxazole rings is 1. The molecule has 1 N–H and O–H groups in total. The summed E-state index contributed by atoms with van der Waals surface area (Å²) in [6.07, 6.45) is 4.95. The first kappa shape index (κ1) is 20.0. The van der Waals surface area contributed by atoms with Crippen LogP contribution in [0.1, 0.15) is 17.2 Å². The van der Waals surface area contributed by atoms with Gasteiger partial charge >= 0.3 is 0 Å². The highest BCUT2D eigenvalue weighted by molar-refractivity contribution is 7.91. The monoisotopic (exact) mass is 440 g/mol. The normalized spacial score (nSPS) is 11.8. The van der Waals surface area contributed by atoms with Gasteiger partial charge in [0, 0.05) is 11.1 Å². The zero-order chi connectivity index (χ0) is 21.0. The molecule has 152 valence electrons. The number of sulfone groups is 1. The molecule has 4 aromatic rings. The third-order valence-corrected chi connectivity index (χ3v) is 6.14. The number of halogens is 1. The third-order valence-electron chi connectivity index (χ3n) is 4.21. The Labute approximate surface area is 178 Å². The molecule has 8 heteroatoms. The molecule has 0 saturated carbocycles. The van der Waals surface area contributed by atoms with E-state index in [1.165, 1.54) is 30.5 Å². The number of hydrogen-bond acceptors (Lipinski definition) is 6. The molecule has 0 bridgehead atoms. The van der Waals surface area contributed by atoms with Gasteiger partial charge in [0.2, 0.25) is 26.6 Å². The number of anilines is 1. The van der Waals surface area contributed by atoms with E-state index in [1.54, 1.807) is 24.3 Å². The summed E-state index contributed by atoms with van der Waals surface area (Å²) in [6.45, 7) is 0.243. The maximum atomic E-state index is 13.2. The molecule has 0 amide bonds. The van der Waals surface area contributed by atoms with E-state index in [2.05, 4.69) is 10.3 Å². The summed E-state index contributed by atoms with van der Waals surface area (Å²) < 4.78 is 37.3. The summed E-state index contributed by atoms with van der Waals surface area (Å²) >= 11 is 5.89. The average Bonchev–Trinajstić information content (AvgIpc) is 3.42. The lowest BCUT2D eigenvalue weighted by Gasteiger charge is -2.05. The van der Waals surface area contributed by atoms with Crippen molar-refractivity contribution in [2.45, 2.75) is 16.5 Å². The number of aromatic nitrogens is 1. The number of rotatable bonds is 7. The van der Waals surface area contributed by atoms with Gasteiger partial charge in [0.15, 0.2) is 0 Å². The van der Waals surface area contributed by atoms with E-state index in [9.17, 15) is 8.42 Å². The number of nitrogens with one attached hydrogen (secondary N) is 1. The van der Waals surface area contributed by atoms with Crippen molar-refractivity contribution in [3.05, 3.63) is 95.2 Å². The van der Waals surface area contributed by atoms with Crippen molar-refractivity contribution < 1.29 is 17.3 Å².